The smallest absolute Gasteiger partial charge is 0.219 e. The Balaban J connectivity index is 2.35. The number of hydrogen-bond acceptors (Lipinski definition) is 3. The molecule has 1 rings (SSSR count). The minimum absolute atomic E-state index is 0.0949. The molecule has 0 fully saturated rings. The van der Waals surface area contributed by atoms with E-state index in [-0.39, 0.29) is 5.91 Å². The molecule has 0 atom stereocenters. The van der Waals surface area contributed by atoms with Crippen molar-refractivity contribution in [1.29, 1.82) is 0 Å². The van der Waals surface area contributed by atoms with Crippen molar-refractivity contribution in [2.45, 2.75) is 24.7 Å². The minimum atomic E-state index is 0.0949. The molecule has 0 heterocycles. The van der Waals surface area contributed by atoms with Gasteiger partial charge >= 0.3 is 0 Å². The summed E-state index contributed by atoms with van der Waals surface area (Å²) in [7, 11) is 1.66. The van der Waals surface area contributed by atoms with Gasteiger partial charge in [-0.15, -0.1) is 11.8 Å². The van der Waals surface area contributed by atoms with Crippen molar-refractivity contribution in [2.75, 3.05) is 18.5 Å². The largest absolute Gasteiger partial charge is 0.398 e. The number of aryl methyl sites for hydroxylation is 1. The highest BCUT2D eigenvalue weighted by Crippen LogP contribution is 2.26. The van der Waals surface area contributed by atoms with E-state index in [0.29, 0.717) is 6.42 Å². The highest BCUT2D eigenvalue weighted by molar-refractivity contribution is 7.99. The van der Waals surface area contributed by atoms with Gasteiger partial charge in [-0.25, -0.2) is 0 Å². The van der Waals surface area contributed by atoms with E-state index >= 15 is 0 Å². The lowest BCUT2D eigenvalue weighted by Gasteiger charge is -2.06. The maximum Gasteiger partial charge on any atom is 0.219 e. The molecule has 4 heteroatoms. The van der Waals surface area contributed by atoms with Gasteiger partial charge in [-0.05, 0) is 36.8 Å². The predicted octanol–water partition coefficient (Wildman–Crippen LogP) is 2.20. The second-order valence-corrected chi connectivity index (χ2v) is 4.80. The van der Waals surface area contributed by atoms with Crippen molar-refractivity contribution in [3.05, 3.63) is 23.8 Å². The molecule has 0 aliphatic carbocycles. The SMILES string of the molecule is CNC(=O)CCCSc1ccc(C)cc1N. The van der Waals surface area contributed by atoms with Crippen molar-refractivity contribution in [2.24, 2.45) is 0 Å². The zero-order valence-corrected chi connectivity index (χ0v) is 10.6. The lowest BCUT2D eigenvalue weighted by atomic mass is 10.2. The molecule has 0 aliphatic rings. The molecule has 0 radical (unpaired) electrons. The standard InChI is InChI=1S/C12H18N2OS/c1-9-5-6-11(10(13)8-9)16-7-3-4-12(15)14-2/h5-6,8H,3-4,7,13H2,1-2H3,(H,14,15). The molecule has 1 amide bonds. The zero-order valence-electron chi connectivity index (χ0n) is 9.75. The predicted molar refractivity (Wildman–Crippen MR) is 69.6 cm³/mol. The molecule has 1 aromatic rings. The quantitative estimate of drug-likeness (QED) is 0.470. The van der Waals surface area contributed by atoms with Gasteiger partial charge in [0.15, 0.2) is 0 Å². The number of carbonyl (C=O) groups excluding carboxylic acids is 1. The van der Waals surface area contributed by atoms with Crippen LogP contribution in [0.4, 0.5) is 5.69 Å². The van der Waals surface area contributed by atoms with Crippen molar-refractivity contribution < 1.29 is 4.79 Å². The van der Waals surface area contributed by atoms with Gasteiger partial charge in [-0.1, -0.05) is 6.07 Å². The maximum absolute atomic E-state index is 11.0. The van der Waals surface area contributed by atoms with Crippen molar-refractivity contribution in [3.8, 4) is 0 Å². The van der Waals surface area contributed by atoms with Gasteiger partial charge in [0.2, 0.25) is 5.91 Å². The van der Waals surface area contributed by atoms with Crippen LogP contribution in [-0.4, -0.2) is 18.7 Å². The topological polar surface area (TPSA) is 55.1 Å². The summed E-state index contributed by atoms with van der Waals surface area (Å²) in [5.41, 5.74) is 7.89. The number of carbonyl (C=O) groups is 1. The van der Waals surface area contributed by atoms with Gasteiger partial charge in [-0.2, -0.15) is 0 Å². The Morgan fingerprint density at radius 3 is 2.88 bits per heavy atom. The first-order valence-corrected chi connectivity index (χ1v) is 6.31. The zero-order chi connectivity index (χ0) is 12.0. The normalized spacial score (nSPS) is 10.1. The molecule has 0 saturated carbocycles. The van der Waals surface area contributed by atoms with Crippen molar-refractivity contribution >= 4 is 23.4 Å². The molecule has 0 spiro atoms. The molecule has 3 nitrogen and oxygen atoms in total. The van der Waals surface area contributed by atoms with E-state index < -0.39 is 0 Å². The fraction of sp³-hybridized carbons (Fsp3) is 0.417. The van der Waals surface area contributed by atoms with Crippen LogP contribution in [0.2, 0.25) is 0 Å². The van der Waals surface area contributed by atoms with E-state index in [2.05, 4.69) is 11.4 Å². The van der Waals surface area contributed by atoms with Crippen LogP contribution in [0, 0.1) is 6.92 Å². The second kappa shape index (κ2) is 6.43. The van der Waals surface area contributed by atoms with Crippen LogP contribution in [0.3, 0.4) is 0 Å². The maximum atomic E-state index is 11.0. The summed E-state index contributed by atoms with van der Waals surface area (Å²) in [5, 5.41) is 2.61. The summed E-state index contributed by atoms with van der Waals surface area (Å²) in [6.45, 7) is 2.02. The van der Waals surface area contributed by atoms with E-state index in [4.69, 9.17) is 5.73 Å². The Hall–Kier alpha value is -1.16. The van der Waals surface area contributed by atoms with Gasteiger partial charge in [0.25, 0.3) is 0 Å². The van der Waals surface area contributed by atoms with Crippen LogP contribution in [0.25, 0.3) is 0 Å². The molecule has 16 heavy (non-hydrogen) atoms. The lowest BCUT2D eigenvalue weighted by molar-refractivity contribution is -0.120. The van der Waals surface area contributed by atoms with Gasteiger partial charge in [0.1, 0.15) is 0 Å². The van der Waals surface area contributed by atoms with E-state index in [9.17, 15) is 4.79 Å². The van der Waals surface area contributed by atoms with Gasteiger partial charge < -0.3 is 11.1 Å². The van der Waals surface area contributed by atoms with Crippen LogP contribution >= 0.6 is 11.8 Å². The summed E-state index contributed by atoms with van der Waals surface area (Å²) < 4.78 is 0. The van der Waals surface area contributed by atoms with Crippen molar-refractivity contribution in [3.63, 3.8) is 0 Å². The number of nitrogens with one attached hydrogen (secondary N) is 1. The third-order valence-corrected chi connectivity index (χ3v) is 3.43. The highest BCUT2D eigenvalue weighted by atomic mass is 32.2. The molecule has 0 aromatic heterocycles. The number of nitrogen functional groups attached to an aromatic ring is 1. The summed E-state index contributed by atoms with van der Waals surface area (Å²) in [6.07, 6.45) is 1.45. The molecule has 0 unspecified atom stereocenters. The van der Waals surface area contributed by atoms with Crippen LogP contribution in [0.1, 0.15) is 18.4 Å². The van der Waals surface area contributed by atoms with Gasteiger partial charge in [0, 0.05) is 24.1 Å². The summed E-state index contributed by atoms with van der Waals surface area (Å²) in [6, 6.07) is 6.06. The Morgan fingerprint density at radius 1 is 1.50 bits per heavy atom. The first-order chi connectivity index (χ1) is 7.63. The number of amides is 1. The van der Waals surface area contributed by atoms with E-state index in [1.54, 1.807) is 18.8 Å². The van der Waals surface area contributed by atoms with E-state index in [0.717, 1.165) is 22.8 Å². The van der Waals surface area contributed by atoms with E-state index in [1.807, 2.05) is 19.1 Å². The number of rotatable bonds is 5. The third kappa shape index (κ3) is 4.14. The molecular weight excluding hydrogens is 220 g/mol. The van der Waals surface area contributed by atoms with Crippen molar-refractivity contribution in [1.82, 2.24) is 5.32 Å². The number of anilines is 1. The van der Waals surface area contributed by atoms with Crippen LogP contribution in [-0.2, 0) is 4.79 Å². The molecule has 3 N–H and O–H groups in total. The molecule has 88 valence electrons. The molecule has 1 aromatic carbocycles. The fourth-order valence-electron chi connectivity index (χ4n) is 1.34. The van der Waals surface area contributed by atoms with Gasteiger partial charge in [0.05, 0.1) is 0 Å². The minimum Gasteiger partial charge on any atom is -0.398 e. The van der Waals surface area contributed by atoms with Crippen LogP contribution in [0.15, 0.2) is 23.1 Å². The average molecular weight is 238 g/mol. The number of nitrogens with two attached hydrogens (primary N) is 1. The van der Waals surface area contributed by atoms with Crippen LogP contribution in [0.5, 0.6) is 0 Å². The lowest BCUT2D eigenvalue weighted by Crippen LogP contribution is -2.17. The average Bonchev–Trinajstić information content (AvgIpc) is 2.26. The van der Waals surface area contributed by atoms with E-state index in [1.165, 1.54) is 5.56 Å². The fourth-order valence-corrected chi connectivity index (χ4v) is 2.24. The Bertz CT molecular complexity index is 366. The number of benzene rings is 1. The molecular formula is C12H18N2OS. The Kier molecular flexibility index (Phi) is 5.19. The highest BCUT2D eigenvalue weighted by Gasteiger charge is 2.01. The van der Waals surface area contributed by atoms with Crippen LogP contribution < -0.4 is 11.1 Å². The monoisotopic (exact) mass is 238 g/mol. The summed E-state index contributed by atoms with van der Waals surface area (Å²) >= 11 is 1.70. The van der Waals surface area contributed by atoms with Gasteiger partial charge in [-0.3, -0.25) is 4.79 Å². The Morgan fingerprint density at radius 2 is 2.25 bits per heavy atom. The first-order valence-electron chi connectivity index (χ1n) is 5.33. The number of thioether (sulfide) groups is 1. The summed E-state index contributed by atoms with van der Waals surface area (Å²) in [4.78, 5) is 12.1. The molecule has 0 bridgehead atoms. The third-order valence-electron chi connectivity index (χ3n) is 2.25. The second-order valence-electron chi connectivity index (χ2n) is 3.67. The first kappa shape index (κ1) is 12.9. The summed E-state index contributed by atoms with van der Waals surface area (Å²) in [5.74, 6) is 1.01. The molecule has 0 aliphatic heterocycles. The number of hydrogen-bond donors (Lipinski definition) is 2. The Labute approximate surface area is 101 Å². The molecule has 0 saturated heterocycles.